The number of carbonyl (C=O) groups is 2. The summed E-state index contributed by atoms with van der Waals surface area (Å²) in [6.45, 7) is 7.17. The van der Waals surface area contributed by atoms with E-state index in [0.29, 0.717) is 0 Å². The number of nitrogens with one attached hydrogen (secondary N) is 1. The molecule has 1 aromatic carbocycles. The number of carbonyl (C=O) groups excluding carboxylic acids is 2. The van der Waals surface area contributed by atoms with E-state index in [0.717, 1.165) is 6.07 Å². The fourth-order valence-electron chi connectivity index (χ4n) is 2.63. The second-order valence-electron chi connectivity index (χ2n) is 5.72. The van der Waals surface area contributed by atoms with Gasteiger partial charge in [-0.2, -0.15) is 0 Å². The van der Waals surface area contributed by atoms with Gasteiger partial charge < -0.3 is 9.88 Å². The van der Waals surface area contributed by atoms with E-state index in [2.05, 4.69) is 4.98 Å². The normalized spacial score (nSPS) is 11.5. The molecule has 22 heavy (non-hydrogen) atoms. The third-order valence-electron chi connectivity index (χ3n) is 3.52. The molecule has 2 rings (SSSR count). The molecular weight excluding hydrogens is 290 g/mol. The maximum absolute atomic E-state index is 14.0. The quantitative estimate of drug-likeness (QED) is 0.696. The fraction of sp³-hybridized carbons (Fsp3) is 0.375. The first kappa shape index (κ1) is 16.1. The lowest BCUT2D eigenvalue weighted by Crippen LogP contribution is -2.45. The van der Waals surface area contributed by atoms with Gasteiger partial charge >= 0.3 is 0 Å². The van der Waals surface area contributed by atoms with Gasteiger partial charge in [0.1, 0.15) is 0 Å². The van der Waals surface area contributed by atoms with Crippen LogP contribution in [-0.4, -0.2) is 33.7 Å². The molecule has 0 atom stereocenters. The Kier molecular flexibility index (Phi) is 4.30. The van der Waals surface area contributed by atoms with Gasteiger partial charge in [0.15, 0.2) is 11.6 Å². The van der Waals surface area contributed by atoms with Gasteiger partial charge in [-0.15, -0.1) is 0 Å². The van der Waals surface area contributed by atoms with Gasteiger partial charge in [-0.1, -0.05) is 0 Å². The summed E-state index contributed by atoms with van der Waals surface area (Å²) in [5, 5.41) is -0.189. The molecule has 0 bridgehead atoms. The highest BCUT2D eigenvalue weighted by Crippen LogP contribution is 2.25. The van der Waals surface area contributed by atoms with Gasteiger partial charge in [-0.05, 0) is 39.8 Å². The second kappa shape index (κ2) is 5.87. The Morgan fingerprint density at radius 1 is 1.09 bits per heavy atom. The molecule has 0 unspecified atom stereocenters. The summed E-state index contributed by atoms with van der Waals surface area (Å²) in [6, 6.07) is 1.95. The Morgan fingerprint density at radius 2 is 1.68 bits per heavy atom. The van der Waals surface area contributed by atoms with Crippen LogP contribution in [0.25, 0.3) is 10.9 Å². The number of amides is 1. The van der Waals surface area contributed by atoms with Crippen LogP contribution in [0, 0.1) is 11.6 Å². The van der Waals surface area contributed by atoms with Crippen LogP contribution < -0.4 is 0 Å². The maximum Gasteiger partial charge on any atom is 0.295 e. The van der Waals surface area contributed by atoms with E-state index in [9.17, 15) is 18.4 Å². The number of nitrogens with zero attached hydrogens (tertiary/aromatic N) is 1. The molecule has 0 radical (unpaired) electrons. The number of Topliss-reactive ketones (excluding diaryl/α,β-unsaturated/α-hetero) is 1. The maximum atomic E-state index is 14.0. The van der Waals surface area contributed by atoms with E-state index < -0.39 is 23.3 Å². The molecule has 0 spiro atoms. The minimum absolute atomic E-state index is 0.150. The standard InChI is InChI=1S/C16H18F2N2O2/c1-8(2)20(9(3)4)16(22)15(21)10-7-19-12-6-5-11(17)14(18)13(10)12/h5-9,19H,1-4H3. The number of H-pyrrole nitrogens is 1. The van der Waals surface area contributed by atoms with Crippen LogP contribution in [0.3, 0.4) is 0 Å². The van der Waals surface area contributed by atoms with E-state index in [1.54, 1.807) is 27.7 Å². The highest BCUT2D eigenvalue weighted by atomic mass is 19.2. The smallest absolute Gasteiger partial charge is 0.295 e. The Bertz CT molecular complexity index is 727. The molecule has 1 heterocycles. The van der Waals surface area contributed by atoms with Crippen LogP contribution in [0.1, 0.15) is 38.1 Å². The molecule has 118 valence electrons. The van der Waals surface area contributed by atoms with Crippen molar-refractivity contribution in [1.82, 2.24) is 9.88 Å². The van der Waals surface area contributed by atoms with Crippen molar-refractivity contribution in [3.63, 3.8) is 0 Å². The molecular formula is C16H18F2N2O2. The fourth-order valence-corrected chi connectivity index (χ4v) is 2.63. The second-order valence-corrected chi connectivity index (χ2v) is 5.72. The van der Waals surface area contributed by atoms with Crippen molar-refractivity contribution in [2.75, 3.05) is 0 Å². The molecule has 1 amide bonds. The van der Waals surface area contributed by atoms with Crippen molar-refractivity contribution >= 4 is 22.6 Å². The zero-order valence-corrected chi connectivity index (χ0v) is 12.9. The predicted octanol–water partition coefficient (Wildman–Crippen LogP) is 3.27. The third kappa shape index (κ3) is 2.61. The summed E-state index contributed by atoms with van der Waals surface area (Å²) < 4.78 is 27.4. The molecule has 0 saturated heterocycles. The molecule has 0 aliphatic heterocycles. The van der Waals surface area contributed by atoms with Crippen LogP contribution in [0.2, 0.25) is 0 Å². The number of hydrogen-bond donors (Lipinski definition) is 1. The summed E-state index contributed by atoms with van der Waals surface area (Å²) in [6.07, 6.45) is 1.24. The zero-order valence-electron chi connectivity index (χ0n) is 12.9. The monoisotopic (exact) mass is 308 g/mol. The summed E-state index contributed by atoms with van der Waals surface area (Å²) in [5.74, 6) is -3.76. The largest absolute Gasteiger partial charge is 0.360 e. The first-order valence-electron chi connectivity index (χ1n) is 7.07. The molecule has 1 N–H and O–H groups in total. The van der Waals surface area contributed by atoms with Crippen molar-refractivity contribution in [1.29, 1.82) is 0 Å². The summed E-state index contributed by atoms with van der Waals surface area (Å²) in [4.78, 5) is 29.0. The van der Waals surface area contributed by atoms with Crippen molar-refractivity contribution < 1.29 is 18.4 Å². The number of ketones is 1. The van der Waals surface area contributed by atoms with E-state index in [4.69, 9.17) is 0 Å². The van der Waals surface area contributed by atoms with Gasteiger partial charge in [-0.25, -0.2) is 8.78 Å². The summed E-state index contributed by atoms with van der Waals surface area (Å²) in [7, 11) is 0. The van der Waals surface area contributed by atoms with Gasteiger partial charge in [0.2, 0.25) is 0 Å². The minimum atomic E-state index is -1.13. The van der Waals surface area contributed by atoms with Crippen LogP contribution in [-0.2, 0) is 4.79 Å². The number of halogens is 2. The van der Waals surface area contributed by atoms with E-state index in [1.807, 2.05) is 0 Å². The number of aromatic amines is 1. The van der Waals surface area contributed by atoms with Crippen molar-refractivity contribution in [3.05, 3.63) is 35.5 Å². The first-order chi connectivity index (χ1) is 10.3. The first-order valence-corrected chi connectivity index (χ1v) is 7.07. The Hall–Kier alpha value is -2.24. The molecule has 0 aliphatic carbocycles. The average molecular weight is 308 g/mol. The molecule has 4 nitrogen and oxygen atoms in total. The lowest BCUT2D eigenvalue weighted by atomic mass is 10.1. The predicted molar refractivity (Wildman–Crippen MR) is 79.7 cm³/mol. The van der Waals surface area contributed by atoms with Gasteiger partial charge in [0.25, 0.3) is 11.7 Å². The van der Waals surface area contributed by atoms with Crippen LogP contribution in [0.5, 0.6) is 0 Å². The van der Waals surface area contributed by atoms with E-state index in [1.165, 1.54) is 17.2 Å². The summed E-state index contributed by atoms with van der Waals surface area (Å²) >= 11 is 0. The van der Waals surface area contributed by atoms with Gasteiger partial charge in [0.05, 0.1) is 5.56 Å². The molecule has 6 heteroatoms. The number of fused-ring (bicyclic) bond motifs is 1. The van der Waals surface area contributed by atoms with Crippen molar-refractivity contribution in [2.24, 2.45) is 0 Å². The number of rotatable bonds is 4. The van der Waals surface area contributed by atoms with Crippen LogP contribution >= 0.6 is 0 Å². The van der Waals surface area contributed by atoms with Crippen LogP contribution in [0.15, 0.2) is 18.3 Å². The number of benzene rings is 1. The highest BCUT2D eigenvalue weighted by Gasteiger charge is 2.30. The molecule has 1 aromatic heterocycles. The zero-order chi connectivity index (χ0) is 16.6. The lowest BCUT2D eigenvalue weighted by molar-refractivity contribution is -0.129. The van der Waals surface area contributed by atoms with Gasteiger partial charge in [-0.3, -0.25) is 9.59 Å². The van der Waals surface area contributed by atoms with E-state index in [-0.39, 0.29) is 28.6 Å². The van der Waals surface area contributed by atoms with Gasteiger partial charge in [0, 0.05) is 29.2 Å². The van der Waals surface area contributed by atoms with Crippen molar-refractivity contribution in [3.8, 4) is 0 Å². The van der Waals surface area contributed by atoms with Crippen molar-refractivity contribution in [2.45, 2.75) is 39.8 Å². The number of hydrogen-bond acceptors (Lipinski definition) is 2. The lowest BCUT2D eigenvalue weighted by Gasteiger charge is -2.29. The van der Waals surface area contributed by atoms with E-state index >= 15 is 0 Å². The SMILES string of the molecule is CC(C)N(C(=O)C(=O)c1c[nH]c2ccc(F)c(F)c12)C(C)C. The molecule has 0 saturated carbocycles. The Balaban J connectivity index is 2.50. The third-order valence-corrected chi connectivity index (χ3v) is 3.52. The Morgan fingerprint density at radius 3 is 2.23 bits per heavy atom. The topological polar surface area (TPSA) is 53.2 Å². The number of aromatic nitrogens is 1. The van der Waals surface area contributed by atoms with Crippen LogP contribution in [0.4, 0.5) is 8.78 Å². The molecule has 0 fully saturated rings. The average Bonchev–Trinajstić information content (AvgIpc) is 2.85. The molecule has 2 aromatic rings. The molecule has 0 aliphatic rings. The Labute approximate surface area is 127 Å². The highest BCUT2D eigenvalue weighted by molar-refractivity contribution is 6.45. The summed E-state index contributed by atoms with van der Waals surface area (Å²) in [5.41, 5.74) is 0.124. The minimum Gasteiger partial charge on any atom is -0.360 e.